The van der Waals surface area contributed by atoms with E-state index in [0.717, 1.165) is 18.9 Å². The lowest BCUT2D eigenvalue weighted by atomic mass is 10.1. The summed E-state index contributed by atoms with van der Waals surface area (Å²) < 4.78 is 4.79. The molecule has 0 heterocycles. The molecular weight excluding hydrogens is 182 g/mol. The number of unbranched alkanes of at least 4 members (excludes halogenated alkanes) is 1. The fraction of sp³-hybridized carbons (Fsp3) is 0.600. The van der Waals surface area contributed by atoms with Crippen molar-refractivity contribution in [1.82, 2.24) is 0 Å². The first-order valence-corrected chi connectivity index (χ1v) is 4.78. The van der Waals surface area contributed by atoms with Gasteiger partial charge in [-0.25, -0.2) is 4.79 Å². The second-order valence-electron chi connectivity index (χ2n) is 2.90. The molecule has 4 heteroatoms. The van der Waals surface area contributed by atoms with Crippen molar-refractivity contribution in [3.05, 3.63) is 11.6 Å². The SMILES string of the molecule is CCCC/C(=C/C(N)=O)C(=O)OCC. The third-order valence-electron chi connectivity index (χ3n) is 1.65. The van der Waals surface area contributed by atoms with Gasteiger partial charge < -0.3 is 10.5 Å². The lowest BCUT2D eigenvalue weighted by Crippen LogP contribution is -2.13. The Balaban J connectivity index is 4.38. The van der Waals surface area contributed by atoms with Gasteiger partial charge in [0.05, 0.1) is 6.61 Å². The van der Waals surface area contributed by atoms with Gasteiger partial charge in [-0.15, -0.1) is 0 Å². The van der Waals surface area contributed by atoms with Gasteiger partial charge in [-0.05, 0) is 19.8 Å². The highest BCUT2D eigenvalue weighted by atomic mass is 16.5. The summed E-state index contributed by atoms with van der Waals surface area (Å²) in [6.45, 7) is 4.04. The van der Waals surface area contributed by atoms with Crippen LogP contribution in [0.4, 0.5) is 0 Å². The van der Waals surface area contributed by atoms with E-state index in [4.69, 9.17) is 10.5 Å². The number of esters is 1. The van der Waals surface area contributed by atoms with E-state index in [1.165, 1.54) is 0 Å². The zero-order valence-electron chi connectivity index (χ0n) is 8.71. The van der Waals surface area contributed by atoms with Crippen LogP contribution in [0.5, 0.6) is 0 Å². The molecule has 1 amide bonds. The van der Waals surface area contributed by atoms with Crippen LogP contribution in [-0.4, -0.2) is 18.5 Å². The maximum atomic E-state index is 11.3. The second-order valence-corrected chi connectivity index (χ2v) is 2.90. The average molecular weight is 199 g/mol. The Kier molecular flexibility index (Phi) is 6.45. The van der Waals surface area contributed by atoms with Gasteiger partial charge in [0, 0.05) is 11.6 Å². The maximum absolute atomic E-state index is 11.3. The number of amides is 1. The van der Waals surface area contributed by atoms with E-state index >= 15 is 0 Å². The Morgan fingerprint density at radius 1 is 1.36 bits per heavy atom. The van der Waals surface area contributed by atoms with Crippen LogP contribution in [0, 0.1) is 0 Å². The van der Waals surface area contributed by atoms with E-state index in [9.17, 15) is 9.59 Å². The van der Waals surface area contributed by atoms with Crippen molar-refractivity contribution in [1.29, 1.82) is 0 Å². The fourth-order valence-corrected chi connectivity index (χ4v) is 0.996. The number of hydrogen-bond donors (Lipinski definition) is 1. The molecule has 0 rings (SSSR count). The molecule has 2 N–H and O–H groups in total. The molecule has 0 saturated heterocycles. The molecule has 0 atom stereocenters. The Labute approximate surface area is 84.1 Å². The molecule has 0 aliphatic heterocycles. The number of ether oxygens (including phenoxy) is 1. The van der Waals surface area contributed by atoms with E-state index in [-0.39, 0.29) is 0 Å². The molecular formula is C10H17NO3. The average Bonchev–Trinajstić information content (AvgIpc) is 2.12. The largest absolute Gasteiger partial charge is 0.463 e. The first-order valence-electron chi connectivity index (χ1n) is 4.78. The third kappa shape index (κ3) is 5.35. The van der Waals surface area contributed by atoms with E-state index in [1.807, 2.05) is 6.92 Å². The summed E-state index contributed by atoms with van der Waals surface area (Å²) in [5.41, 5.74) is 5.34. The van der Waals surface area contributed by atoms with Crippen LogP contribution in [0.25, 0.3) is 0 Å². The van der Waals surface area contributed by atoms with Crippen LogP contribution in [0.1, 0.15) is 33.1 Å². The molecule has 0 aliphatic rings. The monoisotopic (exact) mass is 199 g/mol. The van der Waals surface area contributed by atoms with Gasteiger partial charge in [0.1, 0.15) is 0 Å². The number of nitrogens with two attached hydrogens (primary N) is 1. The molecule has 0 fully saturated rings. The van der Waals surface area contributed by atoms with Crippen LogP contribution >= 0.6 is 0 Å². The van der Waals surface area contributed by atoms with Crippen molar-refractivity contribution in [2.24, 2.45) is 5.73 Å². The molecule has 0 aromatic rings. The fourth-order valence-electron chi connectivity index (χ4n) is 0.996. The number of carbonyl (C=O) groups excluding carboxylic acids is 2. The minimum Gasteiger partial charge on any atom is -0.463 e. The minimum absolute atomic E-state index is 0.307. The molecule has 0 unspecified atom stereocenters. The number of primary amides is 1. The number of rotatable bonds is 6. The van der Waals surface area contributed by atoms with Crippen molar-refractivity contribution in [2.75, 3.05) is 6.61 Å². The molecule has 80 valence electrons. The molecule has 4 nitrogen and oxygen atoms in total. The van der Waals surface area contributed by atoms with E-state index < -0.39 is 11.9 Å². The van der Waals surface area contributed by atoms with Gasteiger partial charge >= 0.3 is 5.97 Å². The number of hydrogen-bond acceptors (Lipinski definition) is 3. The third-order valence-corrected chi connectivity index (χ3v) is 1.65. The van der Waals surface area contributed by atoms with E-state index in [2.05, 4.69) is 0 Å². The molecule has 14 heavy (non-hydrogen) atoms. The highest BCUT2D eigenvalue weighted by Crippen LogP contribution is 2.09. The Bertz CT molecular complexity index is 234. The lowest BCUT2D eigenvalue weighted by Gasteiger charge is -2.04. The van der Waals surface area contributed by atoms with Crippen LogP contribution in [-0.2, 0) is 14.3 Å². The summed E-state index contributed by atoms with van der Waals surface area (Å²) in [5.74, 6) is -1.05. The minimum atomic E-state index is -0.607. The zero-order chi connectivity index (χ0) is 11.0. The van der Waals surface area contributed by atoms with Crippen molar-refractivity contribution < 1.29 is 14.3 Å². The van der Waals surface area contributed by atoms with Crippen molar-refractivity contribution in [2.45, 2.75) is 33.1 Å². The van der Waals surface area contributed by atoms with Gasteiger partial charge in [-0.2, -0.15) is 0 Å². The van der Waals surface area contributed by atoms with Gasteiger partial charge in [0.2, 0.25) is 5.91 Å². The van der Waals surface area contributed by atoms with Crippen LogP contribution in [0.15, 0.2) is 11.6 Å². The van der Waals surface area contributed by atoms with Crippen molar-refractivity contribution >= 4 is 11.9 Å². The lowest BCUT2D eigenvalue weighted by molar-refractivity contribution is -0.138. The summed E-state index contributed by atoms with van der Waals surface area (Å²) in [6.07, 6.45) is 3.49. The quantitative estimate of drug-likeness (QED) is 0.515. The van der Waals surface area contributed by atoms with Gasteiger partial charge in [-0.3, -0.25) is 4.79 Å². The molecule has 0 aliphatic carbocycles. The molecule has 0 spiro atoms. The number of carbonyl (C=O) groups is 2. The highest BCUT2D eigenvalue weighted by molar-refractivity contribution is 5.97. The van der Waals surface area contributed by atoms with Gasteiger partial charge in [0.25, 0.3) is 0 Å². The normalized spacial score (nSPS) is 11.1. The van der Waals surface area contributed by atoms with Crippen molar-refractivity contribution in [3.8, 4) is 0 Å². The Hall–Kier alpha value is -1.32. The summed E-state index contributed by atoms with van der Waals surface area (Å²) in [5, 5.41) is 0. The zero-order valence-corrected chi connectivity index (χ0v) is 8.71. The first-order chi connectivity index (χ1) is 6.61. The summed E-state index contributed by atoms with van der Waals surface area (Å²) >= 11 is 0. The van der Waals surface area contributed by atoms with E-state index in [1.54, 1.807) is 6.92 Å². The smallest absolute Gasteiger partial charge is 0.334 e. The summed E-state index contributed by atoms with van der Waals surface area (Å²) in [4.78, 5) is 21.9. The molecule has 0 aromatic carbocycles. The van der Waals surface area contributed by atoms with Gasteiger partial charge in [0.15, 0.2) is 0 Å². The molecule has 0 saturated carbocycles. The van der Waals surface area contributed by atoms with Crippen LogP contribution < -0.4 is 5.73 Å². The highest BCUT2D eigenvalue weighted by Gasteiger charge is 2.10. The predicted octanol–water partition coefficient (Wildman–Crippen LogP) is 1.15. The summed E-state index contributed by atoms with van der Waals surface area (Å²) in [7, 11) is 0. The Morgan fingerprint density at radius 3 is 2.43 bits per heavy atom. The Morgan fingerprint density at radius 2 is 2.00 bits per heavy atom. The maximum Gasteiger partial charge on any atom is 0.334 e. The topological polar surface area (TPSA) is 69.4 Å². The summed E-state index contributed by atoms with van der Waals surface area (Å²) in [6, 6.07) is 0. The molecule has 0 bridgehead atoms. The van der Waals surface area contributed by atoms with Gasteiger partial charge in [-0.1, -0.05) is 13.3 Å². The van der Waals surface area contributed by atoms with Crippen LogP contribution in [0.2, 0.25) is 0 Å². The first kappa shape index (κ1) is 12.7. The predicted molar refractivity (Wildman–Crippen MR) is 53.4 cm³/mol. The van der Waals surface area contributed by atoms with E-state index in [0.29, 0.717) is 18.6 Å². The molecule has 0 aromatic heterocycles. The van der Waals surface area contributed by atoms with Crippen molar-refractivity contribution in [3.63, 3.8) is 0 Å². The second kappa shape index (κ2) is 7.12. The standard InChI is InChI=1S/C10H17NO3/c1-3-5-6-8(7-9(11)12)10(13)14-4-2/h7H,3-6H2,1-2H3,(H2,11,12)/b8-7-. The molecule has 0 radical (unpaired) electrons. The van der Waals surface area contributed by atoms with Crippen LogP contribution in [0.3, 0.4) is 0 Å².